The zero-order valence-corrected chi connectivity index (χ0v) is 23.3. The van der Waals surface area contributed by atoms with E-state index in [4.69, 9.17) is 4.74 Å². The Hall–Kier alpha value is -5.08. The largest absolute Gasteiger partial charge is 0.456 e. The van der Waals surface area contributed by atoms with E-state index in [2.05, 4.69) is 151 Å². The molecule has 0 atom stereocenters. The van der Waals surface area contributed by atoms with E-state index in [0.717, 1.165) is 52.5 Å². The molecule has 0 fully saturated rings. The maximum atomic E-state index is 6.61. The van der Waals surface area contributed by atoms with Gasteiger partial charge in [-0.15, -0.1) is 0 Å². The third-order valence-corrected chi connectivity index (χ3v) is 7.37. The predicted molar refractivity (Wildman–Crippen MR) is 174 cm³/mol. The lowest BCUT2D eigenvalue weighted by molar-refractivity contribution is 0.454. The summed E-state index contributed by atoms with van der Waals surface area (Å²) in [5.74, 6) is 1.88. The minimum atomic E-state index is 0.888. The Balaban J connectivity index is 1.22. The number of hydrogen-bond donors (Lipinski definition) is 0. The van der Waals surface area contributed by atoms with Crippen LogP contribution in [0, 0.1) is 0 Å². The summed E-state index contributed by atoms with van der Waals surface area (Å²) in [4.78, 5) is 2.27. The van der Waals surface area contributed by atoms with Gasteiger partial charge in [-0.25, -0.2) is 0 Å². The lowest BCUT2D eigenvalue weighted by Crippen LogP contribution is -2.09. The van der Waals surface area contributed by atoms with Crippen molar-refractivity contribution in [2.24, 2.45) is 0 Å². The second-order valence-corrected chi connectivity index (χ2v) is 10.1. The van der Waals surface area contributed by atoms with Crippen molar-refractivity contribution in [2.75, 3.05) is 4.90 Å². The van der Waals surface area contributed by atoms with Gasteiger partial charge in [0.05, 0.1) is 0 Å². The molecule has 2 heteroatoms. The van der Waals surface area contributed by atoms with Gasteiger partial charge < -0.3 is 9.64 Å². The molecule has 0 aliphatic carbocycles. The van der Waals surface area contributed by atoms with Crippen LogP contribution in [0.5, 0.6) is 0 Å². The Kier molecular flexibility index (Phi) is 7.91. The lowest BCUT2D eigenvalue weighted by atomic mass is 9.98. The Bertz CT molecular complexity index is 1630. The summed E-state index contributed by atoms with van der Waals surface area (Å²) < 4.78 is 6.61. The predicted octanol–water partition coefficient (Wildman–Crippen LogP) is 10.9. The third kappa shape index (κ3) is 6.08. The van der Waals surface area contributed by atoms with Crippen molar-refractivity contribution in [3.63, 3.8) is 0 Å². The minimum Gasteiger partial charge on any atom is -0.456 e. The fraction of sp³-hybridized carbons (Fsp3) is 0.0769. The van der Waals surface area contributed by atoms with Gasteiger partial charge in [0, 0.05) is 28.2 Å². The van der Waals surface area contributed by atoms with Gasteiger partial charge >= 0.3 is 0 Å². The van der Waals surface area contributed by atoms with Crippen LogP contribution in [0.2, 0.25) is 0 Å². The molecule has 1 heterocycles. The summed E-state index contributed by atoms with van der Waals surface area (Å²) in [6, 6.07) is 48.6. The highest BCUT2D eigenvalue weighted by molar-refractivity contribution is 5.79. The van der Waals surface area contributed by atoms with Crippen LogP contribution >= 0.6 is 0 Å². The molecule has 0 N–H and O–H groups in total. The van der Waals surface area contributed by atoms with Crippen LogP contribution in [-0.4, -0.2) is 0 Å². The summed E-state index contributed by atoms with van der Waals surface area (Å²) in [6.07, 6.45) is 8.34. The Morgan fingerprint density at radius 1 is 0.561 bits per heavy atom. The Labute approximate surface area is 243 Å². The van der Waals surface area contributed by atoms with Crippen molar-refractivity contribution >= 4 is 40.7 Å². The van der Waals surface area contributed by atoms with E-state index in [-0.39, 0.29) is 0 Å². The molecule has 1 aliphatic rings. The number of anilines is 3. The van der Waals surface area contributed by atoms with Crippen LogP contribution in [0.15, 0.2) is 151 Å². The second kappa shape index (κ2) is 12.4. The molecule has 6 rings (SSSR count). The molecule has 0 unspecified atom stereocenters. The fourth-order valence-corrected chi connectivity index (χ4v) is 5.16. The van der Waals surface area contributed by atoms with Gasteiger partial charge in [0.15, 0.2) is 0 Å². The molecule has 0 radical (unpaired) electrons. The van der Waals surface area contributed by atoms with Crippen molar-refractivity contribution in [1.29, 1.82) is 0 Å². The molecule has 200 valence electrons. The van der Waals surface area contributed by atoms with E-state index in [1.54, 1.807) is 0 Å². The van der Waals surface area contributed by atoms with Gasteiger partial charge in [-0.1, -0.05) is 110 Å². The summed E-state index contributed by atoms with van der Waals surface area (Å²) >= 11 is 0. The zero-order valence-electron chi connectivity index (χ0n) is 23.3. The monoisotopic (exact) mass is 531 g/mol. The Morgan fingerprint density at radius 3 is 1.61 bits per heavy atom. The molecule has 0 saturated carbocycles. The number of hydrogen-bond acceptors (Lipinski definition) is 2. The highest BCUT2D eigenvalue weighted by atomic mass is 16.5. The maximum Gasteiger partial charge on any atom is 0.134 e. The number of para-hydroxylation sites is 2. The number of allylic oxidation sites excluding steroid dienone is 2. The van der Waals surface area contributed by atoms with Gasteiger partial charge in [0.1, 0.15) is 11.5 Å². The molecule has 5 aromatic rings. The third-order valence-electron chi connectivity index (χ3n) is 7.37. The lowest BCUT2D eigenvalue weighted by Gasteiger charge is -2.26. The Morgan fingerprint density at radius 2 is 1.05 bits per heavy atom. The molecule has 0 spiro atoms. The average Bonchev–Trinajstić information content (AvgIpc) is 3.06. The van der Waals surface area contributed by atoms with Gasteiger partial charge in [0.25, 0.3) is 0 Å². The van der Waals surface area contributed by atoms with E-state index in [1.165, 1.54) is 16.7 Å². The molecule has 0 aromatic heterocycles. The topological polar surface area (TPSA) is 12.5 Å². The zero-order chi connectivity index (χ0) is 27.9. The molecule has 41 heavy (non-hydrogen) atoms. The quantitative estimate of drug-likeness (QED) is 0.185. The van der Waals surface area contributed by atoms with Crippen LogP contribution in [0.3, 0.4) is 0 Å². The van der Waals surface area contributed by atoms with Crippen LogP contribution in [0.1, 0.15) is 42.0 Å². The molecule has 1 aliphatic heterocycles. The normalized spacial score (nSPS) is 13.1. The summed E-state index contributed by atoms with van der Waals surface area (Å²) in [5.41, 5.74) is 9.22. The summed E-state index contributed by atoms with van der Waals surface area (Å²) in [7, 11) is 0. The fourth-order valence-electron chi connectivity index (χ4n) is 5.16. The van der Waals surface area contributed by atoms with Crippen molar-refractivity contribution in [3.05, 3.63) is 173 Å². The number of ether oxygens (including phenoxy) is 1. The summed E-state index contributed by atoms with van der Waals surface area (Å²) in [6.45, 7) is 2.20. The molecule has 0 saturated heterocycles. The first-order chi connectivity index (χ1) is 20.3. The van der Waals surface area contributed by atoms with Crippen LogP contribution in [-0.2, 0) is 4.74 Å². The van der Waals surface area contributed by atoms with Gasteiger partial charge in [0.2, 0.25) is 0 Å². The van der Waals surface area contributed by atoms with Crippen molar-refractivity contribution in [2.45, 2.75) is 19.8 Å². The van der Waals surface area contributed by atoms with E-state index in [0.29, 0.717) is 0 Å². The standard InChI is InChI=1S/C39H33NO/c1-2-32-26-29-38(41-39(32)34-22-20-31(21-23-34)19-18-30-12-6-3-7-13-30)33-24-27-37(28-25-33)40(35-14-8-4-9-15-35)36-16-10-5-11-17-36/h3-25,27-29H,2,26H2,1H3/b19-18-. The highest BCUT2D eigenvalue weighted by Gasteiger charge is 2.19. The van der Waals surface area contributed by atoms with Gasteiger partial charge in [-0.3, -0.25) is 0 Å². The number of rotatable bonds is 8. The van der Waals surface area contributed by atoms with E-state index in [1.807, 2.05) is 18.2 Å². The van der Waals surface area contributed by atoms with Crippen LogP contribution in [0.25, 0.3) is 23.7 Å². The van der Waals surface area contributed by atoms with Crippen LogP contribution in [0.4, 0.5) is 17.1 Å². The highest BCUT2D eigenvalue weighted by Crippen LogP contribution is 2.38. The number of benzene rings is 5. The first-order valence-corrected chi connectivity index (χ1v) is 14.2. The first kappa shape index (κ1) is 26.2. The maximum absolute atomic E-state index is 6.61. The molecular weight excluding hydrogens is 498 g/mol. The van der Waals surface area contributed by atoms with E-state index < -0.39 is 0 Å². The van der Waals surface area contributed by atoms with Gasteiger partial charge in [-0.05, 0) is 84.1 Å². The van der Waals surface area contributed by atoms with Crippen molar-refractivity contribution in [3.8, 4) is 0 Å². The van der Waals surface area contributed by atoms with E-state index >= 15 is 0 Å². The van der Waals surface area contributed by atoms with Crippen LogP contribution < -0.4 is 4.90 Å². The average molecular weight is 532 g/mol. The molecule has 5 aromatic carbocycles. The van der Waals surface area contributed by atoms with Crippen molar-refractivity contribution in [1.82, 2.24) is 0 Å². The smallest absolute Gasteiger partial charge is 0.134 e. The minimum absolute atomic E-state index is 0.888. The summed E-state index contributed by atoms with van der Waals surface area (Å²) in [5, 5.41) is 0. The van der Waals surface area contributed by atoms with Crippen molar-refractivity contribution < 1.29 is 4.74 Å². The second-order valence-electron chi connectivity index (χ2n) is 10.1. The van der Waals surface area contributed by atoms with Gasteiger partial charge in [-0.2, -0.15) is 0 Å². The molecular formula is C39H33NO. The van der Waals surface area contributed by atoms with E-state index in [9.17, 15) is 0 Å². The molecule has 0 bridgehead atoms. The SMILES string of the molecule is CCC1=C(c2ccc(/C=C\c3ccccc3)cc2)OC(c2ccc(N(c3ccccc3)c3ccccc3)cc2)=CC1. The molecule has 0 amide bonds. The molecule has 2 nitrogen and oxygen atoms in total. The number of nitrogens with zero attached hydrogens (tertiary/aromatic N) is 1. The first-order valence-electron chi connectivity index (χ1n) is 14.2.